The Kier molecular flexibility index (Phi) is 4.94. The van der Waals surface area contributed by atoms with Crippen LogP contribution in [0.4, 0.5) is 10.5 Å². The molecule has 1 aromatic heterocycles. The number of likely N-dealkylation sites (tertiary alicyclic amines) is 1. The molecule has 0 spiro atoms. The van der Waals surface area contributed by atoms with Crippen molar-refractivity contribution in [2.24, 2.45) is 0 Å². The number of carbonyl (C=O) groups is 1. The summed E-state index contributed by atoms with van der Waals surface area (Å²) in [5.74, 6) is 1.50. The van der Waals surface area contributed by atoms with Crippen LogP contribution < -0.4 is 5.32 Å². The molecule has 1 N–H and O–H groups in total. The van der Waals surface area contributed by atoms with E-state index in [2.05, 4.69) is 15.5 Å². The average molecular weight is 348 g/mol. The Labute approximate surface area is 142 Å². The number of benzene rings is 1. The molecule has 1 aliphatic heterocycles. The van der Waals surface area contributed by atoms with Gasteiger partial charge in [-0.1, -0.05) is 11.2 Å². The number of aromatic nitrogens is 2. The first-order valence-electron chi connectivity index (χ1n) is 7.82. The molecule has 1 unspecified atom stereocenters. The molecule has 3 rings (SSSR count). The van der Waals surface area contributed by atoms with Gasteiger partial charge in [0.2, 0.25) is 5.89 Å². The van der Waals surface area contributed by atoms with Gasteiger partial charge in [0.05, 0.1) is 0 Å². The topological polar surface area (TPSA) is 88.3 Å². The van der Waals surface area contributed by atoms with Crippen molar-refractivity contribution in [3.63, 3.8) is 0 Å². The smallest absolute Gasteiger partial charge is 0.321 e. The van der Waals surface area contributed by atoms with Crippen LogP contribution in [0.15, 0.2) is 33.7 Å². The molecular weight excluding hydrogens is 328 g/mol. The van der Waals surface area contributed by atoms with Crippen molar-refractivity contribution in [1.82, 2.24) is 15.0 Å². The molecule has 7 nitrogen and oxygen atoms in total. The Morgan fingerprint density at radius 1 is 1.38 bits per heavy atom. The van der Waals surface area contributed by atoms with Crippen LogP contribution in [0, 0.1) is 6.92 Å². The van der Waals surface area contributed by atoms with Gasteiger partial charge < -0.3 is 14.7 Å². The number of aryl methyl sites for hydroxylation is 1. The molecule has 8 heteroatoms. The average Bonchev–Trinajstić information content (AvgIpc) is 3.01. The second-order valence-corrected chi connectivity index (χ2v) is 7.23. The minimum atomic E-state index is -1.07. The lowest BCUT2D eigenvalue weighted by molar-refractivity contribution is 0.187. The van der Waals surface area contributed by atoms with Gasteiger partial charge in [-0.3, -0.25) is 4.21 Å². The highest BCUT2D eigenvalue weighted by atomic mass is 32.2. The van der Waals surface area contributed by atoms with Gasteiger partial charge in [-0.05, 0) is 38.0 Å². The van der Waals surface area contributed by atoms with E-state index < -0.39 is 10.8 Å². The van der Waals surface area contributed by atoms with Crippen LogP contribution in [-0.4, -0.2) is 44.6 Å². The quantitative estimate of drug-likeness (QED) is 0.921. The molecule has 24 heavy (non-hydrogen) atoms. The number of nitrogens with one attached hydrogen (secondary N) is 1. The number of amides is 2. The van der Waals surface area contributed by atoms with Crippen molar-refractivity contribution in [1.29, 1.82) is 0 Å². The first kappa shape index (κ1) is 16.6. The van der Waals surface area contributed by atoms with Gasteiger partial charge in [0.25, 0.3) is 0 Å². The molecular formula is C16H20N4O3S. The first-order chi connectivity index (χ1) is 11.5. The molecule has 2 amide bonds. The largest absolute Gasteiger partial charge is 0.339 e. The van der Waals surface area contributed by atoms with Gasteiger partial charge >= 0.3 is 6.03 Å². The number of hydrogen-bond donors (Lipinski definition) is 1. The fraction of sp³-hybridized carbons (Fsp3) is 0.438. The molecule has 0 aliphatic carbocycles. The standard InChI is InChI=1S/C16H20N4O3S/c1-11-17-15(23-19-11)12-6-8-20(9-7-12)16(21)18-13-4-3-5-14(10-13)24(2)22/h3-5,10,12H,6-9H2,1-2H3,(H,18,21). The third-order valence-electron chi connectivity index (χ3n) is 4.09. The van der Waals surface area contributed by atoms with E-state index in [1.807, 2.05) is 0 Å². The molecule has 1 aliphatic rings. The number of anilines is 1. The lowest BCUT2D eigenvalue weighted by Gasteiger charge is -2.30. The molecule has 0 bridgehead atoms. The molecule has 0 radical (unpaired) electrons. The SMILES string of the molecule is Cc1noc(C2CCN(C(=O)Nc3cccc(S(C)=O)c3)CC2)n1. The molecule has 1 aromatic carbocycles. The van der Waals surface area contributed by atoms with Crippen molar-refractivity contribution >= 4 is 22.5 Å². The van der Waals surface area contributed by atoms with E-state index in [1.54, 1.807) is 42.3 Å². The molecule has 1 saturated heterocycles. The van der Waals surface area contributed by atoms with Gasteiger partial charge in [-0.15, -0.1) is 0 Å². The minimum Gasteiger partial charge on any atom is -0.339 e. The maximum Gasteiger partial charge on any atom is 0.321 e. The zero-order valence-electron chi connectivity index (χ0n) is 13.7. The lowest BCUT2D eigenvalue weighted by Crippen LogP contribution is -2.40. The Hall–Kier alpha value is -2.22. The fourth-order valence-corrected chi connectivity index (χ4v) is 3.33. The summed E-state index contributed by atoms with van der Waals surface area (Å²) < 4.78 is 16.7. The second-order valence-electron chi connectivity index (χ2n) is 5.85. The van der Waals surface area contributed by atoms with E-state index in [1.165, 1.54) is 0 Å². The third-order valence-corrected chi connectivity index (χ3v) is 5.01. The summed E-state index contributed by atoms with van der Waals surface area (Å²) in [6.45, 7) is 3.07. The van der Waals surface area contributed by atoms with Gasteiger partial charge in [0.15, 0.2) is 5.82 Å². The zero-order valence-corrected chi connectivity index (χ0v) is 14.5. The Morgan fingerprint density at radius 2 is 2.12 bits per heavy atom. The van der Waals surface area contributed by atoms with E-state index >= 15 is 0 Å². The normalized spacial score (nSPS) is 16.8. The van der Waals surface area contributed by atoms with Crippen LogP contribution in [0.1, 0.15) is 30.5 Å². The fourth-order valence-electron chi connectivity index (χ4n) is 2.76. The molecule has 1 atom stereocenters. The minimum absolute atomic E-state index is 0.144. The predicted molar refractivity (Wildman–Crippen MR) is 90.4 cm³/mol. The van der Waals surface area contributed by atoms with E-state index in [0.29, 0.717) is 35.4 Å². The Morgan fingerprint density at radius 3 is 2.75 bits per heavy atom. The monoisotopic (exact) mass is 348 g/mol. The van der Waals surface area contributed by atoms with Gasteiger partial charge in [-0.2, -0.15) is 4.98 Å². The summed E-state index contributed by atoms with van der Waals surface area (Å²) in [7, 11) is -1.07. The highest BCUT2D eigenvalue weighted by molar-refractivity contribution is 7.84. The summed E-state index contributed by atoms with van der Waals surface area (Å²) >= 11 is 0. The zero-order chi connectivity index (χ0) is 17.1. The maximum atomic E-state index is 12.4. The molecule has 128 valence electrons. The van der Waals surface area contributed by atoms with Crippen molar-refractivity contribution in [3.8, 4) is 0 Å². The molecule has 0 saturated carbocycles. The predicted octanol–water partition coefficient (Wildman–Crippen LogP) is 2.53. The van der Waals surface area contributed by atoms with Crippen molar-refractivity contribution in [2.45, 2.75) is 30.6 Å². The maximum absolute atomic E-state index is 12.4. The van der Waals surface area contributed by atoms with Crippen LogP contribution in [-0.2, 0) is 10.8 Å². The van der Waals surface area contributed by atoms with Crippen LogP contribution in [0.3, 0.4) is 0 Å². The summed E-state index contributed by atoms with van der Waals surface area (Å²) in [4.78, 5) is 19.1. The van der Waals surface area contributed by atoms with E-state index in [0.717, 1.165) is 12.8 Å². The van der Waals surface area contributed by atoms with Crippen molar-refractivity contribution < 1.29 is 13.5 Å². The van der Waals surface area contributed by atoms with E-state index in [9.17, 15) is 9.00 Å². The number of hydrogen-bond acceptors (Lipinski definition) is 5. The summed E-state index contributed by atoms with van der Waals surface area (Å²) in [6, 6.07) is 6.96. The third kappa shape index (κ3) is 3.81. The van der Waals surface area contributed by atoms with Crippen LogP contribution in [0.2, 0.25) is 0 Å². The highest BCUT2D eigenvalue weighted by Crippen LogP contribution is 2.27. The number of nitrogens with zero attached hydrogens (tertiary/aromatic N) is 3. The van der Waals surface area contributed by atoms with Gasteiger partial charge in [0.1, 0.15) is 0 Å². The van der Waals surface area contributed by atoms with Gasteiger partial charge in [-0.25, -0.2) is 4.79 Å². The molecule has 1 fully saturated rings. The second kappa shape index (κ2) is 7.12. The van der Waals surface area contributed by atoms with Crippen LogP contribution in [0.25, 0.3) is 0 Å². The van der Waals surface area contributed by atoms with E-state index in [4.69, 9.17) is 4.52 Å². The highest BCUT2D eigenvalue weighted by Gasteiger charge is 2.27. The molecule has 2 aromatic rings. The summed E-state index contributed by atoms with van der Waals surface area (Å²) in [5, 5.41) is 6.69. The number of carbonyl (C=O) groups excluding carboxylic acids is 1. The lowest BCUT2D eigenvalue weighted by atomic mass is 9.97. The number of rotatable bonds is 3. The first-order valence-corrected chi connectivity index (χ1v) is 9.38. The Bertz CT molecular complexity index is 753. The van der Waals surface area contributed by atoms with Crippen molar-refractivity contribution in [3.05, 3.63) is 36.0 Å². The summed E-state index contributed by atoms with van der Waals surface area (Å²) in [6.07, 6.45) is 3.22. The van der Waals surface area contributed by atoms with Gasteiger partial charge in [0, 0.05) is 46.6 Å². The van der Waals surface area contributed by atoms with Crippen LogP contribution >= 0.6 is 0 Å². The van der Waals surface area contributed by atoms with E-state index in [-0.39, 0.29) is 11.9 Å². The number of urea groups is 1. The number of piperidine rings is 1. The summed E-state index contributed by atoms with van der Waals surface area (Å²) in [5.41, 5.74) is 0.655. The Balaban J connectivity index is 1.57. The van der Waals surface area contributed by atoms with Crippen LogP contribution in [0.5, 0.6) is 0 Å². The van der Waals surface area contributed by atoms with Crippen molar-refractivity contribution in [2.75, 3.05) is 24.7 Å². The molecule has 2 heterocycles.